The molecule has 0 saturated heterocycles. The quantitative estimate of drug-likeness (QED) is 0.170. The van der Waals surface area contributed by atoms with Gasteiger partial charge in [-0.2, -0.15) is 0 Å². The summed E-state index contributed by atoms with van der Waals surface area (Å²) in [6, 6.07) is 65.8. The second kappa shape index (κ2) is 11.4. The molecule has 8 aromatic carbocycles. The van der Waals surface area contributed by atoms with Crippen LogP contribution < -0.4 is 0 Å². The fourth-order valence-corrected chi connectivity index (χ4v) is 9.57. The lowest BCUT2D eigenvalue weighted by atomic mass is 9.99. The van der Waals surface area contributed by atoms with Crippen molar-refractivity contribution in [3.63, 3.8) is 0 Å². The summed E-state index contributed by atoms with van der Waals surface area (Å²) in [5, 5.41) is 9.50. The number of hydrogen-bond donors (Lipinski definition) is 0. The molecule has 57 heavy (non-hydrogen) atoms. The van der Waals surface area contributed by atoms with E-state index in [0.717, 1.165) is 66.4 Å². The number of pyridine rings is 2. The van der Waals surface area contributed by atoms with Gasteiger partial charge in [-0.05, 0) is 77.2 Å². The Morgan fingerprint density at radius 1 is 0.386 bits per heavy atom. The SMILES string of the molecule is c1ccc(-n2c3ccccc3c3ccc4c5ccccc5n(-c5ccc(-c6ccc7c8ccc9cccnc9c8c8nc9ccccc9n8c7c6)cc5)c4c32)cc1. The first kappa shape index (κ1) is 30.6. The van der Waals surface area contributed by atoms with Gasteiger partial charge in [-0.3, -0.25) is 9.38 Å². The number of hydrogen-bond acceptors (Lipinski definition) is 2. The van der Waals surface area contributed by atoms with Crippen molar-refractivity contribution in [3.8, 4) is 22.5 Å². The first-order valence-corrected chi connectivity index (χ1v) is 19.4. The summed E-state index contributed by atoms with van der Waals surface area (Å²) < 4.78 is 7.23. The van der Waals surface area contributed by atoms with Crippen LogP contribution >= 0.6 is 0 Å². The first-order chi connectivity index (χ1) is 28.3. The number of rotatable bonds is 3. The predicted molar refractivity (Wildman–Crippen MR) is 237 cm³/mol. The molecule has 0 amide bonds. The van der Waals surface area contributed by atoms with Crippen molar-refractivity contribution in [1.29, 1.82) is 0 Å². The van der Waals surface area contributed by atoms with Crippen LogP contribution in [0.1, 0.15) is 0 Å². The van der Waals surface area contributed by atoms with E-state index in [0.29, 0.717) is 0 Å². The fourth-order valence-electron chi connectivity index (χ4n) is 9.57. The van der Waals surface area contributed by atoms with Crippen LogP contribution in [-0.4, -0.2) is 23.5 Å². The van der Waals surface area contributed by atoms with Crippen LogP contribution in [0.25, 0.3) is 115 Å². The van der Waals surface area contributed by atoms with Crippen LogP contribution in [0.2, 0.25) is 0 Å². The number of para-hydroxylation sites is 5. The Balaban J connectivity index is 1.05. The van der Waals surface area contributed by atoms with Gasteiger partial charge in [0, 0.05) is 49.9 Å². The van der Waals surface area contributed by atoms with Crippen molar-refractivity contribution in [2.24, 2.45) is 0 Å². The van der Waals surface area contributed by atoms with E-state index in [1.807, 2.05) is 12.3 Å². The van der Waals surface area contributed by atoms with Gasteiger partial charge in [-0.15, -0.1) is 0 Å². The Morgan fingerprint density at radius 2 is 0.965 bits per heavy atom. The minimum atomic E-state index is 0.932. The molecular formula is C52H31N5. The van der Waals surface area contributed by atoms with E-state index in [2.05, 4.69) is 189 Å². The van der Waals surface area contributed by atoms with Gasteiger partial charge in [0.2, 0.25) is 0 Å². The van der Waals surface area contributed by atoms with Crippen molar-refractivity contribution in [3.05, 3.63) is 188 Å². The van der Waals surface area contributed by atoms with Gasteiger partial charge in [0.15, 0.2) is 0 Å². The molecule has 0 fully saturated rings. The van der Waals surface area contributed by atoms with Gasteiger partial charge in [-0.1, -0.05) is 121 Å². The third-order valence-electron chi connectivity index (χ3n) is 12.0. The monoisotopic (exact) mass is 725 g/mol. The van der Waals surface area contributed by atoms with E-state index in [4.69, 9.17) is 9.97 Å². The van der Waals surface area contributed by atoms with Crippen molar-refractivity contribution >= 4 is 92.9 Å². The minimum Gasteiger partial charge on any atom is -0.307 e. The molecule has 0 aliphatic rings. The van der Waals surface area contributed by atoms with Crippen molar-refractivity contribution < 1.29 is 0 Å². The molecule has 0 atom stereocenters. The van der Waals surface area contributed by atoms with Crippen LogP contribution in [0.4, 0.5) is 0 Å². The molecule has 264 valence electrons. The number of benzene rings is 8. The highest BCUT2D eigenvalue weighted by atomic mass is 15.0. The molecule has 0 N–H and O–H groups in total. The van der Waals surface area contributed by atoms with Gasteiger partial charge in [0.1, 0.15) is 5.65 Å². The van der Waals surface area contributed by atoms with Gasteiger partial charge >= 0.3 is 0 Å². The summed E-state index contributed by atoms with van der Waals surface area (Å²) in [6.07, 6.45) is 1.88. The number of aromatic nitrogens is 5. The largest absolute Gasteiger partial charge is 0.307 e. The molecule has 13 rings (SSSR count). The molecule has 5 heteroatoms. The maximum atomic E-state index is 5.22. The number of fused-ring (bicyclic) bond motifs is 17. The summed E-state index contributed by atoms with van der Waals surface area (Å²) in [5.41, 5.74) is 14.5. The van der Waals surface area contributed by atoms with E-state index >= 15 is 0 Å². The lowest BCUT2D eigenvalue weighted by Crippen LogP contribution is -1.98. The third kappa shape index (κ3) is 4.17. The Bertz CT molecular complexity index is 3790. The molecule has 5 nitrogen and oxygen atoms in total. The smallest absolute Gasteiger partial charge is 0.148 e. The zero-order chi connectivity index (χ0) is 37.2. The second-order valence-electron chi connectivity index (χ2n) is 15.0. The van der Waals surface area contributed by atoms with Crippen LogP contribution in [0.5, 0.6) is 0 Å². The molecule has 0 aliphatic heterocycles. The summed E-state index contributed by atoms with van der Waals surface area (Å²) in [5.74, 6) is 0. The maximum Gasteiger partial charge on any atom is 0.148 e. The van der Waals surface area contributed by atoms with E-state index in [9.17, 15) is 0 Å². The molecule has 0 radical (unpaired) electrons. The van der Waals surface area contributed by atoms with Crippen LogP contribution in [0, 0.1) is 0 Å². The lowest BCUT2D eigenvalue weighted by Gasteiger charge is -2.14. The van der Waals surface area contributed by atoms with E-state index in [1.165, 1.54) is 49.0 Å². The van der Waals surface area contributed by atoms with E-state index in [1.54, 1.807) is 0 Å². The predicted octanol–water partition coefficient (Wildman–Crippen LogP) is 13.2. The average molecular weight is 726 g/mol. The first-order valence-electron chi connectivity index (χ1n) is 19.4. The van der Waals surface area contributed by atoms with E-state index < -0.39 is 0 Å². The molecule has 0 aliphatic carbocycles. The second-order valence-corrected chi connectivity index (χ2v) is 15.0. The molecule has 13 aromatic rings. The Hall–Kier alpha value is -7.76. The highest BCUT2D eigenvalue weighted by Crippen LogP contribution is 2.42. The molecule has 5 heterocycles. The topological polar surface area (TPSA) is 40.0 Å². The van der Waals surface area contributed by atoms with Crippen LogP contribution in [-0.2, 0) is 0 Å². The van der Waals surface area contributed by atoms with Gasteiger partial charge in [-0.25, -0.2) is 4.98 Å². The third-order valence-corrected chi connectivity index (χ3v) is 12.0. The molecular weight excluding hydrogens is 695 g/mol. The lowest BCUT2D eigenvalue weighted by molar-refractivity contribution is 1.15. The summed E-state index contributed by atoms with van der Waals surface area (Å²) in [6.45, 7) is 0. The van der Waals surface area contributed by atoms with Gasteiger partial charge < -0.3 is 9.13 Å². The van der Waals surface area contributed by atoms with Crippen molar-refractivity contribution in [2.45, 2.75) is 0 Å². The number of imidazole rings is 1. The molecule has 5 aromatic heterocycles. The zero-order valence-corrected chi connectivity index (χ0v) is 30.6. The van der Waals surface area contributed by atoms with Crippen LogP contribution in [0.15, 0.2) is 188 Å². The molecule has 0 saturated carbocycles. The summed E-state index contributed by atoms with van der Waals surface area (Å²) >= 11 is 0. The zero-order valence-electron chi connectivity index (χ0n) is 30.6. The van der Waals surface area contributed by atoms with Gasteiger partial charge in [0.05, 0.1) is 49.5 Å². The average Bonchev–Trinajstić information content (AvgIpc) is 3.95. The molecule has 0 bridgehead atoms. The van der Waals surface area contributed by atoms with Crippen molar-refractivity contribution in [1.82, 2.24) is 23.5 Å². The molecule has 0 unspecified atom stereocenters. The fraction of sp³-hybridized carbons (Fsp3) is 0. The Morgan fingerprint density at radius 3 is 1.70 bits per heavy atom. The summed E-state index contributed by atoms with van der Waals surface area (Å²) in [4.78, 5) is 10.1. The maximum absolute atomic E-state index is 5.22. The highest BCUT2D eigenvalue weighted by Gasteiger charge is 2.22. The standard InChI is InChI=1S/C52H31N5/c1-2-12-35(13-3-1)55-44-17-7-4-14-37(44)41-28-29-42-38-15-5-8-18-45(38)56(51(42)50(41)55)36-24-20-32(21-25-36)34-23-26-39-40-27-22-33-11-10-30-53-49(33)48(40)52-54-43-16-6-9-19-46(43)57(52)47(39)31-34/h1-31H. The minimum absolute atomic E-state index is 0.932. The van der Waals surface area contributed by atoms with Gasteiger partial charge in [0.25, 0.3) is 0 Å². The molecule has 0 spiro atoms. The van der Waals surface area contributed by atoms with Crippen molar-refractivity contribution in [2.75, 3.05) is 0 Å². The van der Waals surface area contributed by atoms with Crippen LogP contribution in [0.3, 0.4) is 0 Å². The van der Waals surface area contributed by atoms with E-state index in [-0.39, 0.29) is 0 Å². The normalized spacial score (nSPS) is 12.2. The Labute approximate surface area is 325 Å². The number of nitrogens with zero attached hydrogens (tertiary/aromatic N) is 5. The highest BCUT2D eigenvalue weighted by molar-refractivity contribution is 6.24. The summed E-state index contributed by atoms with van der Waals surface area (Å²) in [7, 11) is 0. The Kier molecular flexibility index (Phi) is 6.10.